The molecule has 2 nitrogen and oxygen atoms in total. The highest BCUT2D eigenvalue weighted by atomic mass is 32.1. The van der Waals surface area contributed by atoms with Crippen LogP contribution in [0.3, 0.4) is 0 Å². The van der Waals surface area contributed by atoms with Gasteiger partial charge in [0.15, 0.2) is 8.32 Å². The summed E-state index contributed by atoms with van der Waals surface area (Å²) in [5, 5.41) is 2.69. The highest BCUT2D eigenvalue weighted by Crippen LogP contribution is 2.39. The second-order valence-electron chi connectivity index (χ2n) is 9.48. The molecular formula is C21H34F3NOSSi. The first-order chi connectivity index (χ1) is 12.8. The minimum atomic E-state index is -4.39. The van der Waals surface area contributed by atoms with Crippen molar-refractivity contribution in [2.24, 2.45) is 5.92 Å². The second-order valence-corrected chi connectivity index (χ2v) is 14.9. The molecule has 1 aromatic carbocycles. The van der Waals surface area contributed by atoms with Crippen molar-refractivity contribution in [3.05, 3.63) is 35.9 Å². The quantitative estimate of drug-likeness (QED) is 0.349. The normalized spacial score (nSPS) is 19.3. The molecule has 0 radical (unpaired) electrons. The third-order valence-electron chi connectivity index (χ3n) is 6.01. The summed E-state index contributed by atoms with van der Waals surface area (Å²) in [6, 6.07) is 5.85. The van der Waals surface area contributed by atoms with Crippen molar-refractivity contribution in [3.8, 4) is 0 Å². The van der Waals surface area contributed by atoms with Crippen LogP contribution in [0.4, 0.5) is 13.2 Å². The van der Waals surface area contributed by atoms with E-state index < -0.39 is 26.6 Å². The van der Waals surface area contributed by atoms with Gasteiger partial charge in [-0.3, -0.25) is 5.32 Å². The fraction of sp³-hybridized carbons (Fsp3) is 0.714. The summed E-state index contributed by atoms with van der Waals surface area (Å²) in [5.74, 6) is 0.584. The van der Waals surface area contributed by atoms with Gasteiger partial charge in [-0.05, 0) is 36.0 Å². The van der Waals surface area contributed by atoms with Crippen molar-refractivity contribution in [2.75, 3.05) is 6.61 Å². The van der Waals surface area contributed by atoms with Crippen LogP contribution in [0.15, 0.2) is 30.3 Å². The van der Waals surface area contributed by atoms with Crippen LogP contribution in [0.5, 0.6) is 0 Å². The predicted octanol–water partition coefficient (Wildman–Crippen LogP) is 6.37. The maximum Gasteiger partial charge on any atom is 0.407 e. The van der Waals surface area contributed by atoms with Gasteiger partial charge in [-0.1, -0.05) is 63.9 Å². The molecule has 0 amide bonds. The zero-order valence-electron chi connectivity index (χ0n) is 17.5. The summed E-state index contributed by atoms with van der Waals surface area (Å²) in [5.41, 5.74) is 0.222. The number of hydrogen-bond donors (Lipinski definition) is 2. The first-order valence-corrected chi connectivity index (χ1v) is 13.4. The molecule has 1 N–H and O–H groups in total. The molecule has 7 heteroatoms. The Kier molecular flexibility index (Phi) is 7.73. The Morgan fingerprint density at radius 1 is 1.14 bits per heavy atom. The van der Waals surface area contributed by atoms with Gasteiger partial charge in [0.25, 0.3) is 0 Å². The molecule has 0 saturated heterocycles. The van der Waals surface area contributed by atoms with Crippen molar-refractivity contribution >= 4 is 20.9 Å². The van der Waals surface area contributed by atoms with Crippen LogP contribution < -0.4 is 5.32 Å². The lowest BCUT2D eigenvalue weighted by Gasteiger charge is -2.39. The second kappa shape index (κ2) is 9.10. The van der Waals surface area contributed by atoms with E-state index in [1.165, 1.54) is 12.1 Å². The van der Waals surface area contributed by atoms with E-state index in [9.17, 15) is 13.2 Å². The number of rotatable bonds is 9. The van der Waals surface area contributed by atoms with Crippen LogP contribution in [0.25, 0.3) is 0 Å². The summed E-state index contributed by atoms with van der Waals surface area (Å²) in [6.45, 7) is 10.9. The van der Waals surface area contributed by atoms with Crippen LogP contribution in [-0.2, 0) is 4.43 Å². The molecule has 0 heterocycles. The summed E-state index contributed by atoms with van der Waals surface area (Å²) < 4.78 is 47.8. The van der Waals surface area contributed by atoms with E-state index in [0.29, 0.717) is 5.92 Å². The molecular weight excluding hydrogens is 399 g/mol. The summed E-state index contributed by atoms with van der Waals surface area (Å²) in [7, 11) is -2.07. The first-order valence-electron chi connectivity index (χ1n) is 10.0. The van der Waals surface area contributed by atoms with Gasteiger partial charge in [-0.2, -0.15) is 25.8 Å². The summed E-state index contributed by atoms with van der Waals surface area (Å²) in [6.07, 6.45) is -1.27. The van der Waals surface area contributed by atoms with Crippen LogP contribution in [0.2, 0.25) is 18.1 Å². The molecule has 0 bridgehead atoms. The lowest BCUT2D eigenvalue weighted by molar-refractivity contribution is -0.160. The van der Waals surface area contributed by atoms with Gasteiger partial charge in [-0.25, -0.2) is 0 Å². The number of halogens is 3. The zero-order chi connectivity index (χ0) is 21.2. The standard InChI is InChI=1S/C21H34F3NOSSi/c1-20(2,3)28(4,5)26-14-17(18(27)13-15-11-12-15)25-19(21(22,23)24)16-9-7-6-8-10-16/h6-10,15,17-19,25,27H,11-14H2,1-5H3/t17?,18-,19-/m1/s1. The fourth-order valence-electron chi connectivity index (χ4n) is 2.88. The SMILES string of the molecule is CC(C)(C)[Si](C)(C)OCC(N[C@H](c1ccccc1)C(F)(F)F)[C@H](S)CC1CC1. The Bertz CT molecular complexity index is 614. The average molecular weight is 434 g/mol. The molecule has 1 aliphatic rings. The highest BCUT2D eigenvalue weighted by Gasteiger charge is 2.44. The molecule has 3 atom stereocenters. The zero-order valence-corrected chi connectivity index (χ0v) is 19.4. The Labute approximate surface area is 174 Å². The third-order valence-corrected chi connectivity index (χ3v) is 11.1. The molecule has 1 aromatic rings. The Morgan fingerprint density at radius 3 is 2.18 bits per heavy atom. The van der Waals surface area contributed by atoms with Gasteiger partial charge >= 0.3 is 6.18 Å². The van der Waals surface area contributed by atoms with E-state index in [0.717, 1.165) is 19.3 Å². The number of alkyl halides is 3. The van der Waals surface area contributed by atoms with Crippen LogP contribution in [0.1, 0.15) is 51.6 Å². The largest absolute Gasteiger partial charge is 0.415 e. The van der Waals surface area contributed by atoms with Gasteiger partial charge < -0.3 is 4.43 Å². The van der Waals surface area contributed by atoms with Gasteiger partial charge in [0, 0.05) is 11.3 Å². The van der Waals surface area contributed by atoms with Crippen molar-refractivity contribution < 1.29 is 17.6 Å². The maximum absolute atomic E-state index is 13.8. The van der Waals surface area contributed by atoms with E-state index in [-0.39, 0.29) is 22.5 Å². The Hall–Kier alpha value is -0.503. The topological polar surface area (TPSA) is 21.3 Å². The van der Waals surface area contributed by atoms with Crippen LogP contribution >= 0.6 is 12.6 Å². The summed E-state index contributed by atoms with van der Waals surface area (Å²) in [4.78, 5) is 0. The van der Waals surface area contributed by atoms with Gasteiger partial charge in [0.1, 0.15) is 6.04 Å². The molecule has 1 fully saturated rings. The highest BCUT2D eigenvalue weighted by molar-refractivity contribution is 7.81. The van der Waals surface area contributed by atoms with Gasteiger partial charge in [0.05, 0.1) is 6.61 Å². The van der Waals surface area contributed by atoms with Gasteiger partial charge in [-0.15, -0.1) is 0 Å². The number of thiol groups is 1. The lowest BCUT2D eigenvalue weighted by Crippen LogP contribution is -2.51. The Morgan fingerprint density at radius 2 is 1.71 bits per heavy atom. The fourth-order valence-corrected chi connectivity index (χ4v) is 4.38. The lowest BCUT2D eigenvalue weighted by atomic mass is 10.0. The van der Waals surface area contributed by atoms with Crippen molar-refractivity contribution in [3.63, 3.8) is 0 Å². The number of hydrogen-bond acceptors (Lipinski definition) is 3. The van der Waals surface area contributed by atoms with Crippen molar-refractivity contribution in [2.45, 2.75) is 81.7 Å². The van der Waals surface area contributed by atoms with E-state index in [1.807, 2.05) is 0 Å². The molecule has 1 unspecified atom stereocenters. The molecule has 1 aliphatic carbocycles. The Balaban J connectivity index is 2.19. The van der Waals surface area contributed by atoms with E-state index in [4.69, 9.17) is 17.1 Å². The van der Waals surface area contributed by atoms with Crippen molar-refractivity contribution in [1.82, 2.24) is 5.32 Å². The third kappa shape index (κ3) is 6.78. The van der Waals surface area contributed by atoms with E-state index in [2.05, 4.69) is 39.2 Å². The molecule has 1 saturated carbocycles. The number of nitrogens with one attached hydrogen (secondary N) is 1. The predicted molar refractivity (Wildman–Crippen MR) is 115 cm³/mol. The van der Waals surface area contributed by atoms with E-state index in [1.54, 1.807) is 18.2 Å². The molecule has 160 valence electrons. The molecule has 0 aromatic heterocycles. The minimum absolute atomic E-state index is 0.00297. The molecule has 0 spiro atoms. The molecule has 0 aliphatic heterocycles. The monoisotopic (exact) mass is 433 g/mol. The number of benzene rings is 1. The van der Waals surface area contributed by atoms with Crippen LogP contribution in [-0.4, -0.2) is 32.4 Å². The van der Waals surface area contributed by atoms with Gasteiger partial charge in [0.2, 0.25) is 0 Å². The van der Waals surface area contributed by atoms with Crippen molar-refractivity contribution in [1.29, 1.82) is 0 Å². The maximum atomic E-state index is 13.8. The molecule has 2 rings (SSSR count). The average Bonchev–Trinajstić information content (AvgIpc) is 3.37. The van der Waals surface area contributed by atoms with Crippen LogP contribution in [0, 0.1) is 5.92 Å². The first kappa shape index (κ1) is 23.8. The minimum Gasteiger partial charge on any atom is -0.415 e. The summed E-state index contributed by atoms with van der Waals surface area (Å²) >= 11 is 4.70. The smallest absolute Gasteiger partial charge is 0.407 e. The molecule has 28 heavy (non-hydrogen) atoms. The van der Waals surface area contributed by atoms with E-state index >= 15 is 0 Å².